The van der Waals surface area contributed by atoms with Crippen molar-refractivity contribution in [2.45, 2.75) is 13.0 Å². The van der Waals surface area contributed by atoms with Crippen LogP contribution in [0.3, 0.4) is 0 Å². The van der Waals surface area contributed by atoms with E-state index < -0.39 is 6.04 Å². The number of allylic oxidation sites excluding steroid dienone is 3. The molecule has 0 saturated heterocycles. The summed E-state index contributed by atoms with van der Waals surface area (Å²) in [7, 11) is 0. The summed E-state index contributed by atoms with van der Waals surface area (Å²) < 4.78 is 0. The van der Waals surface area contributed by atoms with Crippen LogP contribution in [0.2, 0.25) is 0 Å². The minimum absolute atomic E-state index is 0.111. The highest BCUT2D eigenvalue weighted by atomic mass is 16.6. The highest BCUT2D eigenvalue weighted by molar-refractivity contribution is 5.49. The molecule has 1 aliphatic rings. The van der Waals surface area contributed by atoms with Gasteiger partial charge in [-0.05, 0) is 11.6 Å². The lowest BCUT2D eigenvalue weighted by molar-refractivity contribution is -0.515. The molecule has 78 valence electrons. The molecule has 0 spiro atoms. The lowest BCUT2D eigenvalue weighted by atomic mass is 9.91. The van der Waals surface area contributed by atoms with E-state index in [0.717, 1.165) is 0 Å². The smallest absolute Gasteiger partial charge is 0.237 e. The second-order valence-corrected chi connectivity index (χ2v) is 3.27. The maximum atomic E-state index is 10.6. The van der Waals surface area contributed by atoms with Gasteiger partial charge in [-0.1, -0.05) is 19.1 Å². The van der Waals surface area contributed by atoms with Crippen molar-refractivity contribution in [1.82, 2.24) is 0 Å². The van der Waals surface area contributed by atoms with Gasteiger partial charge in [-0.2, -0.15) is 5.26 Å². The Labute approximate surface area is 86.8 Å². The van der Waals surface area contributed by atoms with Gasteiger partial charge in [0.25, 0.3) is 0 Å². The van der Waals surface area contributed by atoms with E-state index in [1.807, 2.05) is 6.07 Å². The topological polar surface area (TPSA) is 87.2 Å². The molecule has 0 saturated carbocycles. The molecule has 0 heterocycles. The van der Waals surface area contributed by atoms with E-state index in [9.17, 15) is 10.1 Å². The molecule has 0 aromatic rings. The monoisotopic (exact) mass is 206 g/mol. The Bertz CT molecular complexity index is 401. The zero-order valence-corrected chi connectivity index (χ0v) is 8.12. The molecule has 1 aliphatic carbocycles. The van der Waals surface area contributed by atoms with Gasteiger partial charge in [0.1, 0.15) is 6.07 Å². The van der Waals surface area contributed by atoms with Crippen LogP contribution < -0.4 is 0 Å². The standard InChI is InChI=1S/C10H10N2O3/c1-7-4-8(9(5-11)6-13)2-3-10(7)12(14)15/h2-4,6-7,10,13H,1H3/b9-6+. The number of rotatable bonds is 2. The van der Waals surface area contributed by atoms with E-state index in [-0.39, 0.29) is 16.4 Å². The number of nitrogens with zero attached hydrogens (tertiary/aromatic N) is 2. The van der Waals surface area contributed by atoms with Gasteiger partial charge in [-0.15, -0.1) is 0 Å². The van der Waals surface area contributed by atoms with Crippen LogP contribution in [0.4, 0.5) is 0 Å². The van der Waals surface area contributed by atoms with Crippen LogP contribution in [0, 0.1) is 27.4 Å². The van der Waals surface area contributed by atoms with Gasteiger partial charge < -0.3 is 5.11 Å². The van der Waals surface area contributed by atoms with Crippen molar-refractivity contribution in [2.75, 3.05) is 0 Å². The van der Waals surface area contributed by atoms with E-state index in [2.05, 4.69) is 0 Å². The molecule has 0 bridgehead atoms. The normalized spacial score (nSPS) is 25.6. The minimum Gasteiger partial charge on any atom is -0.514 e. The molecule has 1 N–H and O–H groups in total. The average molecular weight is 206 g/mol. The molecule has 2 atom stereocenters. The van der Waals surface area contributed by atoms with Crippen LogP contribution in [-0.4, -0.2) is 16.1 Å². The summed E-state index contributed by atoms with van der Waals surface area (Å²) in [4.78, 5) is 10.2. The molecule has 1 rings (SSSR count). The molecule has 5 heteroatoms. The maximum absolute atomic E-state index is 10.6. The summed E-state index contributed by atoms with van der Waals surface area (Å²) in [5.74, 6) is -0.289. The SMILES string of the molecule is CC1C=C(/C(C#N)=C/O)C=CC1[N+](=O)[O-]. The van der Waals surface area contributed by atoms with Crippen LogP contribution >= 0.6 is 0 Å². The van der Waals surface area contributed by atoms with Crippen LogP contribution in [-0.2, 0) is 0 Å². The number of hydrogen-bond acceptors (Lipinski definition) is 4. The Morgan fingerprint density at radius 2 is 2.47 bits per heavy atom. The summed E-state index contributed by atoms with van der Waals surface area (Å²) in [6, 6.07) is 1.05. The summed E-state index contributed by atoms with van der Waals surface area (Å²) in [5.41, 5.74) is 0.630. The van der Waals surface area contributed by atoms with Gasteiger partial charge >= 0.3 is 0 Å². The molecule has 0 aromatic heterocycles. The molecule has 0 aromatic carbocycles. The van der Waals surface area contributed by atoms with Gasteiger partial charge in [0.15, 0.2) is 0 Å². The Morgan fingerprint density at radius 3 is 2.87 bits per heavy atom. The second kappa shape index (κ2) is 4.42. The van der Waals surface area contributed by atoms with E-state index in [0.29, 0.717) is 11.8 Å². The molecule has 15 heavy (non-hydrogen) atoms. The fourth-order valence-corrected chi connectivity index (χ4v) is 1.42. The third-order valence-corrected chi connectivity index (χ3v) is 2.26. The molecule has 2 unspecified atom stereocenters. The third-order valence-electron chi connectivity index (χ3n) is 2.26. The van der Waals surface area contributed by atoms with Crippen molar-refractivity contribution < 1.29 is 10.0 Å². The molecule has 0 aliphatic heterocycles. The first-order valence-electron chi connectivity index (χ1n) is 4.38. The predicted octanol–water partition coefficient (Wildman–Crippen LogP) is 1.73. The largest absolute Gasteiger partial charge is 0.514 e. The number of nitro groups is 1. The Balaban J connectivity index is 2.94. The zero-order valence-electron chi connectivity index (χ0n) is 8.12. The van der Waals surface area contributed by atoms with Gasteiger partial charge in [-0.3, -0.25) is 10.1 Å². The molecule has 0 radical (unpaired) electrons. The van der Waals surface area contributed by atoms with Crippen LogP contribution in [0.25, 0.3) is 0 Å². The summed E-state index contributed by atoms with van der Waals surface area (Å²) >= 11 is 0. The second-order valence-electron chi connectivity index (χ2n) is 3.27. The van der Waals surface area contributed by atoms with Crippen molar-refractivity contribution in [3.05, 3.63) is 45.8 Å². The molecule has 5 nitrogen and oxygen atoms in total. The number of aliphatic hydroxyl groups is 1. The average Bonchev–Trinajstić information content (AvgIpc) is 2.19. The predicted molar refractivity (Wildman–Crippen MR) is 53.5 cm³/mol. The molecule has 0 amide bonds. The van der Waals surface area contributed by atoms with Crippen molar-refractivity contribution in [1.29, 1.82) is 5.26 Å². The fraction of sp³-hybridized carbons (Fsp3) is 0.300. The van der Waals surface area contributed by atoms with Gasteiger partial charge in [0.2, 0.25) is 6.04 Å². The summed E-state index contributed by atoms with van der Waals surface area (Å²) in [6.45, 7) is 1.70. The van der Waals surface area contributed by atoms with Crippen LogP contribution in [0.15, 0.2) is 35.6 Å². The fourth-order valence-electron chi connectivity index (χ4n) is 1.42. The zero-order chi connectivity index (χ0) is 11.4. The van der Waals surface area contributed by atoms with Gasteiger partial charge in [0.05, 0.1) is 11.8 Å². The Kier molecular flexibility index (Phi) is 3.24. The van der Waals surface area contributed by atoms with Crippen molar-refractivity contribution in [2.24, 2.45) is 5.92 Å². The first kappa shape index (κ1) is 11.0. The van der Waals surface area contributed by atoms with Crippen LogP contribution in [0.5, 0.6) is 0 Å². The first-order chi connectivity index (χ1) is 7.10. The van der Waals surface area contributed by atoms with Crippen LogP contribution in [0.1, 0.15) is 6.92 Å². The van der Waals surface area contributed by atoms with Crippen molar-refractivity contribution in [3.8, 4) is 6.07 Å². The van der Waals surface area contributed by atoms with Gasteiger partial charge in [-0.25, -0.2) is 0 Å². The number of hydrogen-bond donors (Lipinski definition) is 1. The quantitative estimate of drug-likeness (QED) is 0.322. The van der Waals surface area contributed by atoms with E-state index in [4.69, 9.17) is 10.4 Å². The molecule has 0 fully saturated rings. The highest BCUT2D eigenvalue weighted by Gasteiger charge is 2.26. The molecular formula is C10H10N2O3. The minimum atomic E-state index is -0.757. The number of nitriles is 1. The summed E-state index contributed by atoms with van der Waals surface area (Å²) in [5, 5.41) is 28.0. The number of aliphatic hydroxyl groups excluding tert-OH is 1. The van der Waals surface area contributed by atoms with E-state index in [1.165, 1.54) is 12.2 Å². The van der Waals surface area contributed by atoms with E-state index in [1.54, 1.807) is 13.0 Å². The van der Waals surface area contributed by atoms with Crippen molar-refractivity contribution in [3.63, 3.8) is 0 Å². The molecular weight excluding hydrogens is 196 g/mol. The lowest BCUT2D eigenvalue weighted by Crippen LogP contribution is -2.26. The van der Waals surface area contributed by atoms with Crippen molar-refractivity contribution >= 4 is 0 Å². The highest BCUT2D eigenvalue weighted by Crippen LogP contribution is 2.23. The first-order valence-corrected chi connectivity index (χ1v) is 4.38. The Morgan fingerprint density at radius 1 is 1.80 bits per heavy atom. The van der Waals surface area contributed by atoms with E-state index >= 15 is 0 Å². The maximum Gasteiger partial charge on any atom is 0.237 e. The lowest BCUT2D eigenvalue weighted by Gasteiger charge is -2.15. The summed E-state index contributed by atoms with van der Waals surface area (Å²) in [6.07, 6.45) is 5.23. The van der Waals surface area contributed by atoms with Gasteiger partial charge in [0, 0.05) is 10.8 Å². The Hall–Kier alpha value is -2.09. The third kappa shape index (κ3) is 2.23.